The van der Waals surface area contributed by atoms with Crippen molar-refractivity contribution in [2.75, 3.05) is 38.3 Å². The van der Waals surface area contributed by atoms with Gasteiger partial charge in [0.25, 0.3) is 0 Å². The van der Waals surface area contributed by atoms with Gasteiger partial charge in [0.2, 0.25) is 0 Å². The zero-order valence-corrected chi connectivity index (χ0v) is 14.2. The zero-order chi connectivity index (χ0) is 16.5. The van der Waals surface area contributed by atoms with E-state index in [-0.39, 0.29) is 12.7 Å². The number of rotatable bonds is 7. The van der Waals surface area contributed by atoms with E-state index >= 15 is 0 Å². The molecule has 0 aromatic heterocycles. The summed E-state index contributed by atoms with van der Waals surface area (Å²) in [5, 5.41) is 16.7. The first kappa shape index (κ1) is 17.7. The lowest BCUT2D eigenvalue weighted by Gasteiger charge is -2.17. The van der Waals surface area contributed by atoms with Crippen LogP contribution in [0.2, 0.25) is 0 Å². The molecule has 1 aliphatic heterocycles. The van der Waals surface area contributed by atoms with Crippen LogP contribution in [0.1, 0.15) is 18.4 Å². The number of thiocarbonyl (C=S) groups is 1. The topological polar surface area (TPSA) is 69.1 Å². The maximum Gasteiger partial charge on any atom is 0.187 e. The molecule has 1 fully saturated rings. The van der Waals surface area contributed by atoms with Crippen LogP contribution in [0.25, 0.3) is 0 Å². The first-order valence-electron chi connectivity index (χ1n) is 7.79. The molecule has 0 amide bonds. The summed E-state index contributed by atoms with van der Waals surface area (Å²) in [4.78, 5) is 1.99. The van der Waals surface area contributed by atoms with E-state index < -0.39 is 0 Å². The molecule has 3 N–H and O–H groups in total. The average molecular weight is 336 g/mol. The van der Waals surface area contributed by atoms with Gasteiger partial charge in [-0.15, -0.1) is 0 Å². The highest BCUT2D eigenvalue weighted by Gasteiger charge is 2.14. The molecule has 0 radical (unpaired) electrons. The van der Waals surface area contributed by atoms with Crippen LogP contribution in [0.15, 0.2) is 29.4 Å². The summed E-state index contributed by atoms with van der Waals surface area (Å²) < 4.78 is 5.52. The van der Waals surface area contributed by atoms with Gasteiger partial charge in [-0.2, -0.15) is 5.10 Å². The van der Waals surface area contributed by atoms with Crippen molar-refractivity contribution in [3.8, 4) is 0 Å². The van der Waals surface area contributed by atoms with E-state index in [2.05, 4.69) is 15.8 Å². The monoisotopic (exact) mass is 336 g/mol. The van der Waals surface area contributed by atoms with E-state index in [0.717, 1.165) is 30.7 Å². The van der Waals surface area contributed by atoms with Crippen LogP contribution in [0.4, 0.5) is 5.69 Å². The lowest BCUT2D eigenvalue weighted by molar-refractivity contribution is 0.114. The van der Waals surface area contributed by atoms with Crippen LogP contribution in [-0.4, -0.2) is 55.9 Å². The number of anilines is 1. The normalized spacial score (nSPS) is 17.4. The number of benzene rings is 1. The van der Waals surface area contributed by atoms with Crippen molar-refractivity contribution in [2.45, 2.75) is 18.9 Å². The Morgan fingerprint density at radius 3 is 2.91 bits per heavy atom. The maximum atomic E-state index is 8.94. The van der Waals surface area contributed by atoms with Gasteiger partial charge in [0.1, 0.15) is 0 Å². The zero-order valence-electron chi connectivity index (χ0n) is 13.4. The number of hydrazone groups is 1. The van der Waals surface area contributed by atoms with Gasteiger partial charge >= 0.3 is 0 Å². The molecule has 7 heteroatoms. The fourth-order valence-corrected chi connectivity index (χ4v) is 2.45. The van der Waals surface area contributed by atoms with Gasteiger partial charge in [0, 0.05) is 32.4 Å². The molecule has 0 aliphatic carbocycles. The lowest BCUT2D eigenvalue weighted by atomic mass is 10.2. The number of nitrogens with zero attached hydrogens (tertiary/aromatic N) is 2. The van der Waals surface area contributed by atoms with Gasteiger partial charge in [-0.05, 0) is 42.8 Å². The second-order valence-electron chi connectivity index (χ2n) is 5.45. The summed E-state index contributed by atoms with van der Waals surface area (Å²) in [6.45, 7) is 2.31. The number of nitrogens with one attached hydrogen (secondary N) is 2. The van der Waals surface area contributed by atoms with E-state index in [1.54, 1.807) is 6.21 Å². The Kier molecular flexibility index (Phi) is 7.25. The third-order valence-electron chi connectivity index (χ3n) is 3.66. The van der Waals surface area contributed by atoms with Crippen molar-refractivity contribution in [2.24, 2.45) is 5.10 Å². The third kappa shape index (κ3) is 6.13. The molecule has 2 rings (SSSR count). The molecule has 1 aromatic rings. The van der Waals surface area contributed by atoms with Crippen LogP contribution >= 0.6 is 12.2 Å². The van der Waals surface area contributed by atoms with Gasteiger partial charge in [-0.3, -0.25) is 5.43 Å². The van der Waals surface area contributed by atoms with Crippen LogP contribution in [0.3, 0.4) is 0 Å². The van der Waals surface area contributed by atoms with Gasteiger partial charge in [-0.1, -0.05) is 12.1 Å². The molecule has 126 valence electrons. The fraction of sp³-hybridized carbons (Fsp3) is 0.500. The number of likely N-dealkylation sites (N-methyl/N-ethyl adjacent to an activating group) is 1. The number of aliphatic hydroxyl groups is 1. The third-order valence-corrected chi connectivity index (χ3v) is 3.90. The molecule has 0 saturated carbocycles. The van der Waals surface area contributed by atoms with Crippen LogP contribution in [0.5, 0.6) is 0 Å². The van der Waals surface area contributed by atoms with Gasteiger partial charge < -0.3 is 20.1 Å². The first-order valence-corrected chi connectivity index (χ1v) is 8.20. The minimum absolute atomic E-state index is 0.139. The second-order valence-corrected chi connectivity index (χ2v) is 5.86. The van der Waals surface area contributed by atoms with Crippen molar-refractivity contribution in [1.29, 1.82) is 0 Å². The van der Waals surface area contributed by atoms with Gasteiger partial charge in [0.05, 0.1) is 18.9 Å². The minimum atomic E-state index is 0.139. The molecule has 1 atom stereocenters. The van der Waals surface area contributed by atoms with E-state index in [1.807, 2.05) is 36.2 Å². The van der Waals surface area contributed by atoms with Crippen molar-refractivity contribution < 1.29 is 9.84 Å². The Morgan fingerprint density at radius 1 is 1.48 bits per heavy atom. The van der Waals surface area contributed by atoms with Gasteiger partial charge in [0.15, 0.2) is 5.11 Å². The SMILES string of the molecule is CN(CCO)c1ccc(/C=N\NC(=S)NC[C@H]2CCCO2)cc1. The predicted molar refractivity (Wildman–Crippen MR) is 97.1 cm³/mol. The predicted octanol–water partition coefficient (Wildman–Crippen LogP) is 1.09. The van der Waals surface area contributed by atoms with E-state index in [1.165, 1.54) is 0 Å². The number of hydrogen-bond donors (Lipinski definition) is 3. The summed E-state index contributed by atoms with van der Waals surface area (Å²) in [6, 6.07) is 7.92. The molecule has 1 saturated heterocycles. The van der Waals surface area contributed by atoms with Crippen molar-refractivity contribution in [3.05, 3.63) is 29.8 Å². The molecule has 1 heterocycles. The molecule has 0 spiro atoms. The Morgan fingerprint density at radius 2 is 2.26 bits per heavy atom. The van der Waals surface area contributed by atoms with Crippen molar-refractivity contribution in [3.63, 3.8) is 0 Å². The van der Waals surface area contributed by atoms with Gasteiger partial charge in [-0.25, -0.2) is 0 Å². The summed E-state index contributed by atoms with van der Waals surface area (Å²) >= 11 is 5.17. The number of hydrogen-bond acceptors (Lipinski definition) is 5. The van der Waals surface area contributed by atoms with E-state index in [4.69, 9.17) is 22.1 Å². The standard InChI is InChI=1S/C16H24N4O2S/c1-20(8-9-21)14-6-4-13(5-7-14)11-18-19-16(23)17-12-15-3-2-10-22-15/h4-7,11,15,21H,2-3,8-10,12H2,1H3,(H2,17,19,23)/b18-11-/t15-/m1/s1. The van der Waals surface area contributed by atoms with E-state index in [0.29, 0.717) is 18.2 Å². The largest absolute Gasteiger partial charge is 0.395 e. The molecule has 1 aromatic carbocycles. The van der Waals surface area contributed by atoms with Crippen LogP contribution in [-0.2, 0) is 4.74 Å². The molecule has 0 unspecified atom stereocenters. The summed E-state index contributed by atoms with van der Waals surface area (Å²) in [5.74, 6) is 0. The van der Waals surface area contributed by atoms with Crippen molar-refractivity contribution in [1.82, 2.24) is 10.7 Å². The molecule has 23 heavy (non-hydrogen) atoms. The molecule has 6 nitrogen and oxygen atoms in total. The molecule has 1 aliphatic rings. The van der Waals surface area contributed by atoms with Crippen LogP contribution in [0, 0.1) is 0 Å². The Balaban J connectivity index is 1.72. The quantitative estimate of drug-likeness (QED) is 0.393. The summed E-state index contributed by atoms with van der Waals surface area (Å²) in [5.41, 5.74) is 4.83. The summed E-state index contributed by atoms with van der Waals surface area (Å²) in [6.07, 6.45) is 4.17. The van der Waals surface area contributed by atoms with E-state index in [9.17, 15) is 0 Å². The Hall–Kier alpha value is -1.70. The highest BCUT2D eigenvalue weighted by molar-refractivity contribution is 7.80. The maximum absolute atomic E-state index is 8.94. The highest BCUT2D eigenvalue weighted by Crippen LogP contribution is 2.12. The minimum Gasteiger partial charge on any atom is -0.395 e. The number of aliphatic hydroxyl groups excluding tert-OH is 1. The Labute approximate surface area is 142 Å². The number of ether oxygens (including phenoxy) is 1. The average Bonchev–Trinajstić information content (AvgIpc) is 3.07. The smallest absolute Gasteiger partial charge is 0.187 e. The van der Waals surface area contributed by atoms with Crippen LogP contribution < -0.4 is 15.6 Å². The first-order chi connectivity index (χ1) is 11.2. The molecule has 0 bridgehead atoms. The molecular weight excluding hydrogens is 312 g/mol. The van der Waals surface area contributed by atoms with Crippen molar-refractivity contribution >= 4 is 29.2 Å². The highest BCUT2D eigenvalue weighted by atomic mass is 32.1. The second kappa shape index (κ2) is 9.44. The Bertz CT molecular complexity index is 515. The molecular formula is C16H24N4O2S. The fourth-order valence-electron chi connectivity index (χ4n) is 2.31. The summed E-state index contributed by atoms with van der Waals surface area (Å²) in [7, 11) is 1.94. The lowest BCUT2D eigenvalue weighted by Crippen LogP contribution is -2.37.